The molecule has 0 fully saturated rings. The molecule has 0 aromatic rings. The molecule has 0 bridgehead atoms. The Morgan fingerprint density at radius 3 is 2.50 bits per heavy atom. The number of rotatable bonds is 5. The van der Waals surface area contributed by atoms with E-state index in [1.165, 1.54) is 0 Å². The van der Waals surface area contributed by atoms with E-state index in [9.17, 15) is 0 Å². The van der Waals surface area contributed by atoms with Crippen LogP contribution in [0.2, 0.25) is 0 Å². The maximum atomic E-state index is 5.33. The van der Waals surface area contributed by atoms with Crippen LogP contribution in [0.1, 0.15) is 20.3 Å². The predicted octanol–water partition coefficient (Wildman–Crippen LogP) is 1.96. The summed E-state index contributed by atoms with van der Waals surface area (Å²) in [5.74, 6) is -0.476. The van der Waals surface area contributed by atoms with Crippen molar-refractivity contribution in [3.05, 3.63) is 12.7 Å². The number of ether oxygens (including phenoxy) is 2. The highest BCUT2D eigenvalue weighted by Gasteiger charge is 2.20. The standard InChI is InChI=1S/C8H16O2/c1-5-7-8(3,9-4)10-6-2/h5H,1,6-7H2,2-4H3/t8-/m0/s1. The van der Waals surface area contributed by atoms with Crippen molar-refractivity contribution in [3.63, 3.8) is 0 Å². The summed E-state index contributed by atoms with van der Waals surface area (Å²) in [6, 6.07) is 0. The van der Waals surface area contributed by atoms with Crippen molar-refractivity contribution < 1.29 is 9.47 Å². The molecule has 0 spiro atoms. The first-order valence-corrected chi connectivity index (χ1v) is 3.48. The molecule has 0 N–H and O–H groups in total. The lowest BCUT2D eigenvalue weighted by Crippen LogP contribution is -2.30. The van der Waals surface area contributed by atoms with Gasteiger partial charge in [-0.2, -0.15) is 0 Å². The Morgan fingerprint density at radius 1 is 1.60 bits per heavy atom. The van der Waals surface area contributed by atoms with Gasteiger partial charge in [0, 0.05) is 20.1 Å². The molecule has 10 heavy (non-hydrogen) atoms. The average molecular weight is 144 g/mol. The summed E-state index contributed by atoms with van der Waals surface area (Å²) in [5.41, 5.74) is 0. The highest BCUT2D eigenvalue weighted by molar-refractivity contribution is 4.76. The van der Waals surface area contributed by atoms with E-state index in [0.717, 1.165) is 6.42 Å². The summed E-state index contributed by atoms with van der Waals surface area (Å²) < 4.78 is 10.5. The van der Waals surface area contributed by atoms with E-state index in [4.69, 9.17) is 9.47 Å². The highest BCUT2D eigenvalue weighted by atomic mass is 16.7. The monoisotopic (exact) mass is 144 g/mol. The second-order valence-corrected chi connectivity index (χ2v) is 2.26. The first-order chi connectivity index (χ1) is 4.68. The van der Waals surface area contributed by atoms with Gasteiger partial charge in [0.15, 0.2) is 5.79 Å². The molecule has 0 saturated heterocycles. The predicted molar refractivity (Wildman–Crippen MR) is 41.9 cm³/mol. The lowest BCUT2D eigenvalue weighted by molar-refractivity contribution is -0.204. The van der Waals surface area contributed by atoms with Crippen LogP contribution in [0, 0.1) is 0 Å². The van der Waals surface area contributed by atoms with Crippen molar-refractivity contribution in [1.29, 1.82) is 0 Å². The fourth-order valence-corrected chi connectivity index (χ4v) is 0.769. The molecule has 0 aromatic carbocycles. The van der Waals surface area contributed by atoms with Crippen LogP contribution in [-0.2, 0) is 9.47 Å². The summed E-state index contributed by atoms with van der Waals surface area (Å²) in [4.78, 5) is 0. The zero-order valence-electron chi connectivity index (χ0n) is 7.02. The van der Waals surface area contributed by atoms with Crippen LogP contribution in [-0.4, -0.2) is 19.5 Å². The summed E-state index contributed by atoms with van der Waals surface area (Å²) in [7, 11) is 1.64. The Kier molecular flexibility index (Phi) is 4.32. The van der Waals surface area contributed by atoms with Crippen molar-refractivity contribution >= 4 is 0 Å². The molecule has 0 aliphatic heterocycles. The fourth-order valence-electron chi connectivity index (χ4n) is 0.769. The summed E-state index contributed by atoms with van der Waals surface area (Å²) in [5, 5.41) is 0. The van der Waals surface area contributed by atoms with Crippen LogP contribution in [0.4, 0.5) is 0 Å². The molecule has 2 heteroatoms. The minimum Gasteiger partial charge on any atom is -0.353 e. The maximum absolute atomic E-state index is 5.33. The number of methoxy groups -OCH3 is 1. The molecule has 0 unspecified atom stereocenters. The average Bonchev–Trinajstić information content (AvgIpc) is 1.89. The molecule has 0 aromatic heterocycles. The molecule has 60 valence electrons. The van der Waals surface area contributed by atoms with E-state index < -0.39 is 5.79 Å². The Labute approximate surface area is 62.8 Å². The van der Waals surface area contributed by atoms with Crippen molar-refractivity contribution in [2.24, 2.45) is 0 Å². The van der Waals surface area contributed by atoms with Crippen LogP contribution in [0.5, 0.6) is 0 Å². The van der Waals surface area contributed by atoms with Gasteiger partial charge in [-0.15, -0.1) is 6.58 Å². The van der Waals surface area contributed by atoms with E-state index in [1.54, 1.807) is 13.2 Å². The van der Waals surface area contributed by atoms with Gasteiger partial charge in [-0.25, -0.2) is 0 Å². The van der Waals surface area contributed by atoms with E-state index >= 15 is 0 Å². The smallest absolute Gasteiger partial charge is 0.168 e. The molecule has 0 rings (SSSR count). The van der Waals surface area contributed by atoms with Crippen LogP contribution >= 0.6 is 0 Å². The zero-order chi connectivity index (χ0) is 8.04. The summed E-state index contributed by atoms with van der Waals surface area (Å²) >= 11 is 0. The van der Waals surface area contributed by atoms with E-state index in [-0.39, 0.29) is 0 Å². The zero-order valence-corrected chi connectivity index (χ0v) is 7.02. The number of hydrogen-bond donors (Lipinski definition) is 0. The molecular formula is C8H16O2. The van der Waals surface area contributed by atoms with Gasteiger partial charge in [-0.3, -0.25) is 0 Å². The van der Waals surface area contributed by atoms with E-state index in [1.807, 2.05) is 13.8 Å². The largest absolute Gasteiger partial charge is 0.353 e. The van der Waals surface area contributed by atoms with Gasteiger partial charge in [0.05, 0.1) is 0 Å². The second kappa shape index (κ2) is 4.47. The third-order valence-electron chi connectivity index (χ3n) is 1.40. The molecule has 0 amide bonds. The lowest BCUT2D eigenvalue weighted by Gasteiger charge is -2.26. The van der Waals surface area contributed by atoms with Gasteiger partial charge in [0.1, 0.15) is 0 Å². The molecular weight excluding hydrogens is 128 g/mol. The van der Waals surface area contributed by atoms with Crippen molar-refractivity contribution in [1.82, 2.24) is 0 Å². The minimum absolute atomic E-state index is 0.476. The van der Waals surface area contributed by atoms with Gasteiger partial charge in [0.2, 0.25) is 0 Å². The minimum atomic E-state index is -0.476. The summed E-state index contributed by atoms with van der Waals surface area (Å²) in [6.45, 7) is 8.13. The molecule has 1 atom stereocenters. The van der Waals surface area contributed by atoms with E-state index in [0.29, 0.717) is 6.61 Å². The molecule has 2 nitrogen and oxygen atoms in total. The Balaban J connectivity index is 3.80. The normalized spacial score (nSPS) is 16.3. The van der Waals surface area contributed by atoms with E-state index in [2.05, 4.69) is 6.58 Å². The molecule has 0 saturated carbocycles. The van der Waals surface area contributed by atoms with Gasteiger partial charge in [-0.1, -0.05) is 6.08 Å². The van der Waals surface area contributed by atoms with Crippen LogP contribution in [0.25, 0.3) is 0 Å². The van der Waals surface area contributed by atoms with Crippen LogP contribution in [0.3, 0.4) is 0 Å². The highest BCUT2D eigenvalue weighted by Crippen LogP contribution is 2.15. The quantitative estimate of drug-likeness (QED) is 0.434. The summed E-state index contributed by atoms with van der Waals surface area (Å²) in [6.07, 6.45) is 2.51. The first-order valence-electron chi connectivity index (χ1n) is 3.48. The second-order valence-electron chi connectivity index (χ2n) is 2.26. The molecule has 0 aliphatic carbocycles. The van der Waals surface area contributed by atoms with Crippen LogP contribution < -0.4 is 0 Å². The van der Waals surface area contributed by atoms with Gasteiger partial charge in [0.25, 0.3) is 0 Å². The Morgan fingerprint density at radius 2 is 2.20 bits per heavy atom. The Bertz CT molecular complexity index is 101. The maximum Gasteiger partial charge on any atom is 0.168 e. The third kappa shape index (κ3) is 2.99. The van der Waals surface area contributed by atoms with Crippen molar-refractivity contribution in [2.45, 2.75) is 26.1 Å². The SMILES string of the molecule is C=CC[C@@](C)(OC)OCC. The molecule has 0 aliphatic rings. The molecule has 0 radical (unpaired) electrons. The van der Waals surface area contributed by atoms with Gasteiger partial charge in [-0.05, 0) is 13.8 Å². The van der Waals surface area contributed by atoms with Crippen molar-refractivity contribution in [3.8, 4) is 0 Å². The molecule has 0 heterocycles. The van der Waals surface area contributed by atoms with Crippen molar-refractivity contribution in [2.75, 3.05) is 13.7 Å². The lowest BCUT2D eigenvalue weighted by atomic mass is 10.2. The van der Waals surface area contributed by atoms with Gasteiger partial charge >= 0.3 is 0 Å². The third-order valence-corrected chi connectivity index (χ3v) is 1.40. The van der Waals surface area contributed by atoms with Crippen LogP contribution in [0.15, 0.2) is 12.7 Å². The fraction of sp³-hybridized carbons (Fsp3) is 0.750. The Hall–Kier alpha value is -0.340. The first kappa shape index (κ1) is 9.66. The number of hydrogen-bond acceptors (Lipinski definition) is 2. The topological polar surface area (TPSA) is 18.5 Å². The van der Waals surface area contributed by atoms with Gasteiger partial charge < -0.3 is 9.47 Å².